The molecule has 0 bridgehead atoms. The van der Waals surface area contributed by atoms with Crippen molar-refractivity contribution in [3.8, 4) is 0 Å². The standard InChI is InChI=1S/C8H9N3O4S/c1-15-7(13)4-2-3(5(9)12)6(16-4)11-8(10)14/h2H,1H3,(H2,9,12)(H3,10,11,14). The lowest BCUT2D eigenvalue weighted by Gasteiger charge is -1.98. The molecule has 16 heavy (non-hydrogen) atoms. The number of primary amides is 2. The average molecular weight is 243 g/mol. The summed E-state index contributed by atoms with van der Waals surface area (Å²) in [6.07, 6.45) is 0. The molecule has 0 saturated carbocycles. The molecule has 8 heteroatoms. The van der Waals surface area contributed by atoms with Gasteiger partial charge in [0.05, 0.1) is 12.7 Å². The van der Waals surface area contributed by atoms with Crippen molar-refractivity contribution >= 4 is 34.2 Å². The SMILES string of the molecule is COC(=O)c1cc(C(N)=O)c(NC(N)=O)s1. The monoisotopic (exact) mass is 243 g/mol. The highest BCUT2D eigenvalue weighted by Crippen LogP contribution is 2.28. The molecule has 1 aromatic rings. The summed E-state index contributed by atoms with van der Waals surface area (Å²) in [6.45, 7) is 0. The second-order valence-electron chi connectivity index (χ2n) is 2.70. The summed E-state index contributed by atoms with van der Waals surface area (Å²) in [4.78, 5) is 33.0. The third-order valence-corrected chi connectivity index (χ3v) is 2.65. The van der Waals surface area contributed by atoms with Crippen LogP contribution in [-0.4, -0.2) is 25.0 Å². The van der Waals surface area contributed by atoms with E-state index in [-0.39, 0.29) is 15.4 Å². The van der Waals surface area contributed by atoms with Crippen LogP contribution in [0.1, 0.15) is 20.0 Å². The third kappa shape index (κ3) is 2.48. The van der Waals surface area contributed by atoms with Gasteiger partial charge in [0.1, 0.15) is 9.88 Å². The van der Waals surface area contributed by atoms with Crippen LogP contribution in [0.3, 0.4) is 0 Å². The summed E-state index contributed by atoms with van der Waals surface area (Å²) >= 11 is 0.862. The number of amides is 3. The van der Waals surface area contributed by atoms with E-state index in [0.29, 0.717) is 0 Å². The third-order valence-electron chi connectivity index (χ3n) is 1.62. The number of thiophene rings is 1. The first kappa shape index (κ1) is 12.0. The summed E-state index contributed by atoms with van der Waals surface area (Å²) in [5, 5.41) is 2.33. The minimum Gasteiger partial charge on any atom is -0.465 e. The predicted molar refractivity (Wildman–Crippen MR) is 57.4 cm³/mol. The topological polar surface area (TPSA) is 125 Å². The molecule has 0 saturated heterocycles. The lowest BCUT2D eigenvalue weighted by molar-refractivity contribution is 0.0606. The number of rotatable bonds is 3. The Hall–Kier alpha value is -2.09. The number of nitrogens with one attached hydrogen (secondary N) is 1. The van der Waals surface area contributed by atoms with Crippen LogP contribution in [0.25, 0.3) is 0 Å². The van der Waals surface area contributed by atoms with Crippen molar-refractivity contribution < 1.29 is 19.1 Å². The maximum atomic E-state index is 11.2. The van der Waals surface area contributed by atoms with Crippen LogP contribution in [-0.2, 0) is 4.74 Å². The second kappa shape index (κ2) is 4.62. The lowest BCUT2D eigenvalue weighted by atomic mass is 10.3. The first-order valence-electron chi connectivity index (χ1n) is 4.04. The molecule has 0 spiro atoms. The van der Waals surface area contributed by atoms with Gasteiger partial charge in [-0.3, -0.25) is 10.1 Å². The van der Waals surface area contributed by atoms with Crippen molar-refractivity contribution in [1.82, 2.24) is 0 Å². The molecule has 86 valence electrons. The predicted octanol–water partition coefficient (Wildman–Crippen LogP) is 0.124. The van der Waals surface area contributed by atoms with Crippen molar-refractivity contribution in [1.29, 1.82) is 0 Å². The Morgan fingerprint density at radius 2 is 2.00 bits per heavy atom. The van der Waals surface area contributed by atoms with E-state index in [1.165, 1.54) is 13.2 Å². The van der Waals surface area contributed by atoms with E-state index >= 15 is 0 Å². The quantitative estimate of drug-likeness (QED) is 0.652. The highest BCUT2D eigenvalue weighted by molar-refractivity contribution is 7.18. The molecule has 0 radical (unpaired) electrons. The van der Waals surface area contributed by atoms with Crippen molar-refractivity contribution in [3.63, 3.8) is 0 Å². The molecule has 1 aromatic heterocycles. The molecule has 3 amide bonds. The van der Waals surface area contributed by atoms with Crippen LogP contribution in [0.15, 0.2) is 6.07 Å². The molecule has 0 aliphatic carbocycles. The number of anilines is 1. The number of urea groups is 1. The lowest BCUT2D eigenvalue weighted by Crippen LogP contribution is -2.21. The Bertz CT molecular complexity index is 454. The normalized spacial score (nSPS) is 9.56. The first-order chi connectivity index (χ1) is 7.45. The van der Waals surface area contributed by atoms with Gasteiger partial charge in [0, 0.05) is 0 Å². The summed E-state index contributed by atoms with van der Waals surface area (Å²) in [6, 6.07) is 0.394. The highest BCUT2D eigenvalue weighted by atomic mass is 32.1. The van der Waals surface area contributed by atoms with Gasteiger partial charge < -0.3 is 16.2 Å². The molecular weight excluding hydrogens is 234 g/mol. The van der Waals surface area contributed by atoms with E-state index in [1.807, 2.05) is 0 Å². The molecule has 5 N–H and O–H groups in total. The number of hydrogen-bond donors (Lipinski definition) is 3. The van der Waals surface area contributed by atoms with Gasteiger partial charge in [-0.05, 0) is 6.07 Å². The molecule has 0 unspecified atom stereocenters. The molecule has 0 aliphatic heterocycles. The van der Waals surface area contributed by atoms with Gasteiger partial charge in [0.2, 0.25) is 0 Å². The highest BCUT2D eigenvalue weighted by Gasteiger charge is 2.19. The Balaban J connectivity index is 3.14. The number of hydrogen-bond acceptors (Lipinski definition) is 5. The van der Waals surface area contributed by atoms with Crippen LogP contribution in [0.4, 0.5) is 9.80 Å². The zero-order chi connectivity index (χ0) is 12.3. The second-order valence-corrected chi connectivity index (χ2v) is 3.75. The zero-order valence-electron chi connectivity index (χ0n) is 8.27. The fraction of sp³-hybridized carbons (Fsp3) is 0.125. The van der Waals surface area contributed by atoms with Crippen LogP contribution in [0.5, 0.6) is 0 Å². The maximum absolute atomic E-state index is 11.2. The van der Waals surface area contributed by atoms with E-state index in [1.54, 1.807) is 0 Å². The minimum atomic E-state index is -0.847. The molecule has 0 atom stereocenters. The minimum absolute atomic E-state index is 0.0178. The smallest absolute Gasteiger partial charge is 0.348 e. The number of carbonyl (C=O) groups excluding carboxylic acids is 3. The maximum Gasteiger partial charge on any atom is 0.348 e. The van der Waals surface area contributed by atoms with E-state index in [0.717, 1.165) is 11.3 Å². The fourth-order valence-electron chi connectivity index (χ4n) is 0.980. The molecule has 1 heterocycles. The van der Waals surface area contributed by atoms with Gasteiger partial charge in [-0.2, -0.15) is 0 Å². The number of ether oxygens (including phenoxy) is 1. The van der Waals surface area contributed by atoms with Crippen LogP contribution in [0.2, 0.25) is 0 Å². The van der Waals surface area contributed by atoms with Gasteiger partial charge in [-0.25, -0.2) is 9.59 Å². The van der Waals surface area contributed by atoms with Gasteiger partial charge in [-0.1, -0.05) is 0 Å². The Labute approximate surface area is 94.4 Å². The molecular formula is C8H9N3O4S. The zero-order valence-corrected chi connectivity index (χ0v) is 9.09. The summed E-state index contributed by atoms with van der Waals surface area (Å²) in [5.41, 5.74) is 9.99. The van der Waals surface area contributed by atoms with E-state index < -0.39 is 17.9 Å². The number of nitrogens with two attached hydrogens (primary N) is 2. The molecule has 0 fully saturated rings. The average Bonchev–Trinajstić information content (AvgIpc) is 2.59. The van der Waals surface area contributed by atoms with Gasteiger partial charge in [0.15, 0.2) is 0 Å². The Morgan fingerprint density at radius 1 is 1.38 bits per heavy atom. The first-order valence-corrected chi connectivity index (χ1v) is 4.85. The van der Waals surface area contributed by atoms with Crippen molar-refractivity contribution in [3.05, 3.63) is 16.5 Å². The van der Waals surface area contributed by atoms with Crippen molar-refractivity contribution in [2.45, 2.75) is 0 Å². The van der Waals surface area contributed by atoms with Crippen molar-refractivity contribution in [2.24, 2.45) is 11.5 Å². The molecule has 0 aliphatic rings. The van der Waals surface area contributed by atoms with E-state index in [9.17, 15) is 14.4 Å². The fourth-order valence-corrected chi connectivity index (χ4v) is 1.96. The van der Waals surface area contributed by atoms with Gasteiger partial charge in [0.25, 0.3) is 5.91 Å². The van der Waals surface area contributed by atoms with E-state index in [2.05, 4.69) is 10.1 Å². The molecule has 0 aromatic carbocycles. The van der Waals surface area contributed by atoms with Crippen molar-refractivity contribution in [2.75, 3.05) is 12.4 Å². The summed E-state index contributed by atoms with van der Waals surface area (Å²) in [7, 11) is 1.20. The van der Waals surface area contributed by atoms with Crippen LogP contribution < -0.4 is 16.8 Å². The summed E-state index contributed by atoms with van der Waals surface area (Å²) in [5.74, 6) is -1.39. The molecule has 7 nitrogen and oxygen atoms in total. The summed E-state index contributed by atoms with van der Waals surface area (Å²) < 4.78 is 4.46. The van der Waals surface area contributed by atoms with Crippen LogP contribution in [0, 0.1) is 0 Å². The Morgan fingerprint density at radius 3 is 2.44 bits per heavy atom. The van der Waals surface area contributed by atoms with Gasteiger partial charge in [-0.15, -0.1) is 11.3 Å². The Kier molecular flexibility index (Phi) is 3.46. The number of methoxy groups -OCH3 is 1. The number of esters is 1. The molecule has 1 rings (SSSR count). The largest absolute Gasteiger partial charge is 0.465 e. The van der Waals surface area contributed by atoms with Gasteiger partial charge >= 0.3 is 12.0 Å². The number of carbonyl (C=O) groups is 3. The van der Waals surface area contributed by atoms with E-state index in [4.69, 9.17) is 11.5 Å². The van der Waals surface area contributed by atoms with Crippen LogP contribution >= 0.6 is 11.3 Å².